The van der Waals surface area contributed by atoms with Crippen molar-refractivity contribution in [2.45, 2.75) is 12.6 Å². The third-order valence-corrected chi connectivity index (χ3v) is 4.19. The Kier molecular flexibility index (Phi) is 7.01. The van der Waals surface area contributed by atoms with Gasteiger partial charge < -0.3 is 15.1 Å². The Morgan fingerprint density at radius 1 is 1.24 bits per heavy atom. The van der Waals surface area contributed by atoms with Crippen LogP contribution in [0.25, 0.3) is 6.08 Å². The topological polar surface area (TPSA) is 35.6 Å². The molecule has 1 saturated heterocycles. The number of amides is 1. The molecular formula is C18H24F3N3O. The van der Waals surface area contributed by atoms with Crippen LogP contribution >= 0.6 is 0 Å². The summed E-state index contributed by atoms with van der Waals surface area (Å²) in [5.74, 6) is -0.296. The molecule has 138 valence electrons. The van der Waals surface area contributed by atoms with Crippen molar-refractivity contribution in [2.75, 3.05) is 46.3 Å². The Bertz CT molecular complexity index is 593. The lowest BCUT2D eigenvalue weighted by atomic mass is 10.1. The van der Waals surface area contributed by atoms with Gasteiger partial charge in [-0.05, 0) is 43.8 Å². The summed E-state index contributed by atoms with van der Waals surface area (Å²) in [6.07, 6.45) is -0.862. The molecule has 0 unspecified atom stereocenters. The molecule has 0 atom stereocenters. The van der Waals surface area contributed by atoms with Gasteiger partial charge >= 0.3 is 6.18 Å². The van der Waals surface area contributed by atoms with Crippen molar-refractivity contribution in [3.8, 4) is 0 Å². The number of alkyl halides is 3. The summed E-state index contributed by atoms with van der Waals surface area (Å²) in [5.41, 5.74) is -0.371. The molecular weight excluding hydrogens is 331 g/mol. The molecule has 1 fully saturated rings. The third kappa shape index (κ3) is 6.88. The number of benzene rings is 1. The van der Waals surface area contributed by atoms with Crippen molar-refractivity contribution in [1.82, 2.24) is 15.1 Å². The second-order valence-corrected chi connectivity index (χ2v) is 6.25. The summed E-state index contributed by atoms with van der Waals surface area (Å²) in [4.78, 5) is 16.4. The van der Waals surface area contributed by atoms with Crippen molar-refractivity contribution in [2.24, 2.45) is 0 Å². The van der Waals surface area contributed by atoms with E-state index in [0.29, 0.717) is 12.1 Å². The number of hydrogen-bond donors (Lipinski definition) is 1. The molecule has 2 rings (SSSR count). The number of carbonyl (C=O) groups is 1. The highest BCUT2D eigenvalue weighted by molar-refractivity contribution is 5.91. The van der Waals surface area contributed by atoms with Gasteiger partial charge in [0.25, 0.3) is 0 Å². The third-order valence-electron chi connectivity index (χ3n) is 4.19. The van der Waals surface area contributed by atoms with Gasteiger partial charge in [0.05, 0.1) is 5.56 Å². The van der Waals surface area contributed by atoms with Crippen LogP contribution in [0.2, 0.25) is 0 Å². The first-order valence-corrected chi connectivity index (χ1v) is 8.39. The van der Waals surface area contributed by atoms with Crippen LogP contribution in [0.4, 0.5) is 13.2 Å². The van der Waals surface area contributed by atoms with Gasteiger partial charge in [-0.15, -0.1) is 0 Å². The van der Waals surface area contributed by atoms with E-state index in [1.54, 1.807) is 0 Å². The van der Waals surface area contributed by atoms with Gasteiger partial charge in [-0.1, -0.05) is 12.1 Å². The van der Waals surface area contributed by atoms with Gasteiger partial charge in [-0.25, -0.2) is 0 Å². The minimum absolute atomic E-state index is 0.296. The second kappa shape index (κ2) is 9.01. The smallest absolute Gasteiger partial charge is 0.353 e. The number of nitrogens with one attached hydrogen (secondary N) is 1. The predicted molar refractivity (Wildman–Crippen MR) is 92.0 cm³/mol. The number of hydrogen-bond acceptors (Lipinski definition) is 3. The SMILES string of the molecule is CN1CCN(CCCNC(=O)/C=C/c2cccc(C(F)(F)F)c2)CC1. The highest BCUT2D eigenvalue weighted by atomic mass is 19.4. The van der Waals surface area contributed by atoms with Gasteiger partial charge in [-0.3, -0.25) is 4.79 Å². The molecule has 0 aliphatic carbocycles. The molecule has 7 heteroatoms. The van der Waals surface area contributed by atoms with Crippen molar-refractivity contribution in [3.05, 3.63) is 41.5 Å². The summed E-state index contributed by atoms with van der Waals surface area (Å²) >= 11 is 0. The minimum Gasteiger partial charge on any atom is -0.353 e. The fourth-order valence-corrected chi connectivity index (χ4v) is 2.64. The van der Waals surface area contributed by atoms with Crippen LogP contribution in [0.3, 0.4) is 0 Å². The molecule has 1 heterocycles. The van der Waals surface area contributed by atoms with Crippen molar-refractivity contribution in [1.29, 1.82) is 0 Å². The van der Waals surface area contributed by atoms with E-state index in [9.17, 15) is 18.0 Å². The summed E-state index contributed by atoms with van der Waals surface area (Å²) in [5, 5.41) is 2.76. The average Bonchev–Trinajstić information content (AvgIpc) is 2.58. The Morgan fingerprint density at radius 3 is 2.64 bits per heavy atom. The highest BCUT2D eigenvalue weighted by Gasteiger charge is 2.30. The van der Waals surface area contributed by atoms with Crippen LogP contribution in [0.1, 0.15) is 17.5 Å². The zero-order valence-corrected chi connectivity index (χ0v) is 14.4. The van der Waals surface area contributed by atoms with Crippen LogP contribution in [0, 0.1) is 0 Å². The van der Waals surface area contributed by atoms with Gasteiger partial charge in [-0.2, -0.15) is 13.2 Å². The Balaban J connectivity index is 1.70. The number of piperazine rings is 1. The summed E-state index contributed by atoms with van der Waals surface area (Å²) in [6.45, 7) is 5.70. The number of nitrogens with zero attached hydrogens (tertiary/aromatic N) is 2. The van der Waals surface area contributed by atoms with Crippen LogP contribution in [-0.4, -0.2) is 62.0 Å². The van der Waals surface area contributed by atoms with Crippen molar-refractivity contribution in [3.63, 3.8) is 0 Å². The zero-order chi connectivity index (χ0) is 18.3. The molecule has 1 aromatic carbocycles. The van der Waals surface area contributed by atoms with Crippen LogP contribution in [-0.2, 0) is 11.0 Å². The molecule has 0 spiro atoms. The summed E-state index contributed by atoms with van der Waals surface area (Å²) in [6, 6.07) is 4.90. The van der Waals surface area contributed by atoms with Crippen LogP contribution < -0.4 is 5.32 Å². The number of halogens is 3. The van der Waals surface area contributed by atoms with Gasteiger partial charge in [0.1, 0.15) is 0 Å². The van der Waals surface area contributed by atoms with Crippen LogP contribution in [0.5, 0.6) is 0 Å². The number of carbonyl (C=O) groups excluding carboxylic acids is 1. The van der Waals surface area contributed by atoms with Crippen molar-refractivity contribution < 1.29 is 18.0 Å². The lowest BCUT2D eigenvalue weighted by Gasteiger charge is -2.32. The average molecular weight is 355 g/mol. The quantitative estimate of drug-likeness (QED) is 0.629. The van der Waals surface area contributed by atoms with E-state index in [1.165, 1.54) is 24.3 Å². The summed E-state index contributed by atoms with van der Waals surface area (Å²) < 4.78 is 37.9. The molecule has 0 bridgehead atoms. The van der Waals surface area contributed by atoms with E-state index in [2.05, 4.69) is 22.2 Å². The number of rotatable bonds is 6. The fourth-order valence-electron chi connectivity index (χ4n) is 2.64. The largest absolute Gasteiger partial charge is 0.416 e. The second-order valence-electron chi connectivity index (χ2n) is 6.25. The lowest BCUT2D eigenvalue weighted by Crippen LogP contribution is -2.45. The van der Waals surface area contributed by atoms with Crippen LogP contribution in [0.15, 0.2) is 30.3 Å². The maximum absolute atomic E-state index is 12.6. The van der Waals surface area contributed by atoms with E-state index < -0.39 is 11.7 Å². The zero-order valence-electron chi connectivity index (χ0n) is 14.4. The Morgan fingerprint density at radius 2 is 1.96 bits per heavy atom. The van der Waals surface area contributed by atoms with Gasteiger partial charge in [0, 0.05) is 38.8 Å². The molecule has 1 aromatic rings. The normalized spacial score (nSPS) is 17.1. The lowest BCUT2D eigenvalue weighted by molar-refractivity contribution is -0.137. The van der Waals surface area contributed by atoms with E-state index >= 15 is 0 Å². The molecule has 0 radical (unpaired) electrons. The predicted octanol–water partition coefficient (Wildman–Crippen LogP) is 2.47. The van der Waals surface area contributed by atoms with E-state index in [0.717, 1.165) is 51.3 Å². The van der Waals surface area contributed by atoms with Gasteiger partial charge in [0.2, 0.25) is 5.91 Å². The molecule has 1 amide bonds. The molecule has 1 aliphatic heterocycles. The fraction of sp³-hybridized carbons (Fsp3) is 0.500. The minimum atomic E-state index is -4.38. The molecule has 4 nitrogen and oxygen atoms in total. The molecule has 0 saturated carbocycles. The Labute approximate surface area is 146 Å². The van der Waals surface area contributed by atoms with E-state index in [4.69, 9.17) is 0 Å². The summed E-state index contributed by atoms with van der Waals surface area (Å²) in [7, 11) is 2.11. The standard InChI is InChI=1S/C18H24F3N3O/c1-23-10-12-24(13-11-23)9-3-8-22-17(25)7-6-15-4-2-5-16(14-15)18(19,20)21/h2,4-7,14H,3,8-13H2,1H3,(H,22,25)/b7-6+. The first-order chi connectivity index (χ1) is 11.8. The molecule has 1 N–H and O–H groups in total. The highest BCUT2D eigenvalue weighted by Crippen LogP contribution is 2.29. The maximum atomic E-state index is 12.6. The monoisotopic (exact) mass is 355 g/mol. The molecule has 25 heavy (non-hydrogen) atoms. The molecule has 1 aliphatic rings. The first-order valence-electron chi connectivity index (χ1n) is 8.39. The van der Waals surface area contributed by atoms with E-state index in [1.807, 2.05) is 0 Å². The molecule has 0 aromatic heterocycles. The first kappa shape index (κ1) is 19.5. The van der Waals surface area contributed by atoms with E-state index in [-0.39, 0.29) is 5.91 Å². The Hall–Kier alpha value is -1.86. The number of likely N-dealkylation sites (N-methyl/N-ethyl adjacent to an activating group) is 1. The van der Waals surface area contributed by atoms with Crippen molar-refractivity contribution >= 4 is 12.0 Å². The van der Waals surface area contributed by atoms with Gasteiger partial charge in [0.15, 0.2) is 0 Å². The maximum Gasteiger partial charge on any atom is 0.416 e.